The number of rotatable bonds is 3. The molecule has 5 nitrogen and oxygen atoms in total. The Balaban J connectivity index is 1.67. The third kappa shape index (κ3) is 2.28. The highest BCUT2D eigenvalue weighted by molar-refractivity contribution is 5.74. The Bertz CT molecular complexity index is 599. The van der Waals surface area contributed by atoms with E-state index in [1.807, 2.05) is 13.0 Å². The number of carbonyl (C=O) groups excluding carboxylic acids is 1. The Morgan fingerprint density at radius 3 is 2.68 bits per heavy atom. The first kappa shape index (κ1) is 17.5. The maximum absolute atomic E-state index is 11.8. The molecule has 0 amide bonds. The zero-order chi connectivity index (χ0) is 18.0. The average Bonchev–Trinajstić information content (AvgIpc) is 3.05. The normalized spacial score (nSPS) is 50.6. The van der Waals surface area contributed by atoms with Crippen LogP contribution in [0, 0.1) is 28.6 Å². The molecule has 0 aromatic rings. The lowest BCUT2D eigenvalue weighted by molar-refractivity contribution is -0.148. The number of hydrogen-bond donors (Lipinski definition) is 2. The first-order valence-electron chi connectivity index (χ1n) is 9.58. The van der Waals surface area contributed by atoms with Crippen LogP contribution in [-0.4, -0.2) is 47.2 Å². The molecule has 2 aliphatic heterocycles. The van der Waals surface area contributed by atoms with Gasteiger partial charge in [0.2, 0.25) is 0 Å². The van der Waals surface area contributed by atoms with Gasteiger partial charge in [-0.15, -0.1) is 0 Å². The van der Waals surface area contributed by atoms with Crippen molar-refractivity contribution in [3.63, 3.8) is 0 Å². The van der Waals surface area contributed by atoms with E-state index in [-0.39, 0.29) is 34.6 Å². The van der Waals surface area contributed by atoms with Crippen molar-refractivity contribution in [1.29, 1.82) is 0 Å². The molecule has 140 valence electrons. The molecule has 4 aliphatic rings. The van der Waals surface area contributed by atoms with Gasteiger partial charge in [0, 0.05) is 11.3 Å². The van der Waals surface area contributed by atoms with E-state index in [1.54, 1.807) is 0 Å². The second-order valence-electron chi connectivity index (χ2n) is 9.30. The molecular weight excluding hydrogens is 320 g/mol. The van der Waals surface area contributed by atoms with Gasteiger partial charge in [0.1, 0.15) is 0 Å². The summed E-state index contributed by atoms with van der Waals surface area (Å²) in [6.07, 6.45) is 6.07. The van der Waals surface area contributed by atoms with E-state index in [4.69, 9.17) is 9.47 Å². The minimum absolute atomic E-state index is 0.0249. The maximum Gasteiger partial charge on any atom is 0.309 e. The lowest BCUT2D eigenvalue weighted by Gasteiger charge is -2.57. The highest BCUT2D eigenvalue weighted by atomic mass is 16.5. The third-order valence-corrected chi connectivity index (χ3v) is 7.84. The van der Waals surface area contributed by atoms with E-state index in [0.717, 1.165) is 19.3 Å². The van der Waals surface area contributed by atoms with Gasteiger partial charge in [0.25, 0.3) is 0 Å². The lowest BCUT2D eigenvalue weighted by atomic mass is 9.47. The molecule has 5 heteroatoms. The van der Waals surface area contributed by atoms with E-state index in [9.17, 15) is 15.0 Å². The van der Waals surface area contributed by atoms with Gasteiger partial charge in [-0.25, -0.2) is 0 Å². The highest BCUT2D eigenvalue weighted by Gasteiger charge is 2.68. The molecule has 1 spiro atoms. The van der Waals surface area contributed by atoms with Crippen molar-refractivity contribution < 1.29 is 24.5 Å². The van der Waals surface area contributed by atoms with Gasteiger partial charge in [-0.05, 0) is 43.9 Å². The quantitative estimate of drug-likeness (QED) is 0.602. The fraction of sp³-hybridized carbons (Fsp3) is 0.850. The van der Waals surface area contributed by atoms with Crippen molar-refractivity contribution in [3.8, 4) is 0 Å². The molecule has 4 rings (SSSR count). The Morgan fingerprint density at radius 2 is 2.00 bits per heavy atom. The number of carbonyl (C=O) groups is 1. The molecule has 25 heavy (non-hydrogen) atoms. The summed E-state index contributed by atoms with van der Waals surface area (Å²) < 4.78 is 11.3. The van der Waals surface area contributed by atoms with Crippen LogP contribution in [0.3, 0.4) is 0 Å². The van der Waals surface area contributed by atoms with Crippen LogP contribution in [0.15, 0.2) is 12.2 Å². The van der Waals surface area contributed by atoms with E-state index in [1.165, 1.54) is 0 Å². The summed E-state index contributed by atoms with van der Waals surface area (Å²) in [4.78, 5) is 11.8. The molecule has 3 fully saturated rings. The Kier molecular flexibility index (Phi) is 3.88. The number of esters is 1. The smallest absolute Gasteiger partial charge is 0.309 e. The molecule has 2 N–H and O–H groups in total. The van der Waals surface area contributed by atoms with Crippen molar-refractivity contribution in [2.24, 2.45) is 28.6 Å². The van der Waals surface area contributed by atoms with Crippen LogP contribution in [0.1, 0.15) is 46.5 Å². The predicted octanol–water partition coefficient (Wildman–Crippen LogP) is 2.06. The molecule has 7 atom stereocenters. The maximum atomic E-state index is 11.8. The number of fused-ring (bicyclic) bond motifs is 1. The van der Waals surface area contributed by atoms with Gasteiger partial charge >= 0.3 is 5.97 Å². The minimum Gasteiger partial charge on any atom is -0.465 e. The van der Waals surface area contributed by atoms with Crippen LogP contribution in [0.25, 0.3) is 0 Å². The third-order valence-electron chi connectivity index (χ3n) is 7.84. The Hall–Kier alpha value is -0.910. The summed E-state index contributed by atoms with van der Waals surface area (Å²) in [7, 11) is 0. The number of cyclic esters (lactones) is 1. The first-order chi connectivity index (χ1) is 11.7. The standard InChI is InChI=1S/C20H30O5/c1-18(2)14-10-16(22)19(3)13(5-4-12-7-9-24-17(12)23)20(14,11-25-19)8-6-15(18)21/h6,8,12-16,21-22H,4-5,7,9-11H2,1-3H3/t12-,13-,14-,15+,16+,19-,20-/m0/s1. The SMILES string of the molecule is CC1(C)[C@H](O)C=C[C@@]23CO[C@](C)([C@H](O)C[C@@H]12)[C@@H]3CC[C@H]1CCOC1=O. The van der Waals surface area contributed by atoms with Crippen molar-refractivity contribution in [2.45, 2.75) is 64.3 Å². The number of ether oxygens (including phenoxy) is 2. The van der Waals surface area contributed by atoms with Crippen LogP contribution in [0.2, 0.25) is 0 Å². The fourth-order valence-corrected chi connectivity index (χ4v) is 6.09. The zero-order valence-corrected chi connectivity index (χ0v) is 15.4. The van der Waals surface area contributed by atoms with Crippen LogP contribution in [0.5, 0.6) is 0 Å². The summed E-state index contributed by atoms with van der Waals surface area (Å²) in [6.45, 7) is 7.31. The van der Waals surface area contributed by atoms with Crippen molar-refractivity contribution >= 4 is 5.97 Å². The monoisotopic (exact) mass is 350 g/mol. The molecule has 2 saturated heterocycles. The summed E-state index contributed by atoms with van der Waals surface area (Å²) in [5.74, 6) is 0.193. The Morgan fingerprint density at radius 1 is 1.24 bits per heavy atom. The van der Waals surface area contributed by atoms with Gasteiger partial charge in [-0.1, -0.05) is 26.0 Å². The highest BCUT2D eigenvalue weighted by Crippen LogP contribution is 2.65. The molecular formula is C20H30O5. The summed E-state index contributed by atoms with van der Waals surface area (Å²) >= 11 is 0. The summed E-state index contributed by atoms with van der Waals surface area (Å²) in [5.41, 5.74) is -1.06. The predicted molar refractivity (Wildman–Crippen MR) is 91.6 cm³/mol. The van der Waals surface area contributed by atoms with Gasteiger partial charge in [0.15, 0.2) is 0 Å². The Labute approximate surface area is 149 Å². The van der Waals surface area contributed by atoms with Gasteiger partial charge < -0.3 is 19.7 Å². The molecule has 2 heterocycles. The van der Waals surface area contributed by atoms with Crippen LogP contribution < -0.4 is 0 Å². The molecule has 0 aromatic heterocycles. The van der Waals surface area contributed by atoms with E-state index in [2.05, 4.69) is 19.9 Å². The van der Waals surface area contributed by atoms with Crippen molar-refractivity contribution in [1.82, 2.24) is 0 Å². The second kappa shape index (κ2) is 5.54. The van der Waals surface area contributed by atoms with Gasteiger partial charge in [0.05, 0.1) is 36.9 Å². The molecule has 2 bridgehead atoms. The van der Waals surface area contributed by atoms with E-state index < -0.39 is 17.8 Å². The summed E-state index contributed by atoms with van der Waals surface area (Å²) in [6, 6.07) is 0. The summed E-state index contributed by atoms with van der Waals surface area (Å²) in [5, 5.41) is 21.4. The van der Waals surface area contributed by atoms with Crippen LogP contribution in [-0.2, 0) is 14.3 Å². The van der Waals surface area contributed by atoms with Crippen LogP contribution in [0.4, 0.5) is 0 Å². The minimum atomic E-state index is -0.582. The molecule has 0 aromatic carbocycles. The number of aliphatic hydroxyl groups excluding tert-OH is 2. The first-order valence-corrected chi connectivity index (χ1v) is 9.58. The lowest BCUT2D eigenvalue weighted by Crippen LogP contribution is -2.60. The molecule has 0 unspecified atom stereocenters. The zero-order valence-electron chi connectivity index (χ0n) is 15.4. The molecule has 2 aliphatic carbocycles. The van der Waals surface area contributed by atoms with Gasteiger partial charge in [-0.3, -0.25) is 4.79 Å². The molecule has 0 radical (unpaired) electrons. The molecule has 1 saturated carbocycles. The van der Waals surface area contributed by atoms with Crippen molar-refractivity contribution in [3.05, 3.63) is 12.2 Å². The second-order valence-corrected chi connectivity index (χ2v) is 9.30. The topological polar surface area (TPSA) is 76.0 Å². The van der Waals surface area contributed by atoms with Crippen LogP contribution >= 0.6 is 0 Å². The van der Waals surface area contributed by atoms with Crippen molar-refractivity contribution in [2.75, 3.05) is 13.2 Å². The van der Waals surface area contributed by atoms with E-state index >= 15 is 0 Å². The number of hydrogen-bond acceptors (Lipinski definition) is 5. The largest absolute Gasteiger partial charge is 0.465 e. The van der Waals surface area contributed by atoms with Gasteiger partial charge in [-0.2, -0.15) is 0 Å². The number of aliphatic hydroxyl groups is 2. The van der Waals surface area contributed by atoms with E-state index in [0.29, 0.717) is 19.6 Å². The average molecular weight is 350 g/mol. The fourth-order valence-electron chi connectivity index (χ4n) is 6.09.